The molecule has 1 aromatic carbocycles. The zero-order valence-corrected chi connectivity index (χ0v) is 11.0. The molecule has 0 radical (unpaired) electrons. The number of phenols is 1. The summed E-state index contributed by atoms with van der Waals surface area (Å²) in [5, 5.41) is 18.5. The largest absolute Gasteiger partial charge is 0.504 e. The number of nitriles is 1. The molecular formula is C14H15NO4. The first kappa shape index (κ1) is 14.6. The van der Waals surface area contributed by atoms with Gasteiger partial charge in [0.1, 0.15) is 11.6 Å². The van der Waals surface area contributed by atoms with Crippen LogP contribution >= 0.6 is 0 Å². The molecule has 0 saturated heterocycles. The van der Waals surface area contributed by atoms with E-state index in [2.05, 4.69) is 0 Å². The first-order chi connectivity index (χ1) is 8.97. The van der Waals surface area contributed by atoms with E-state index in [0.717, 1.165) is 0 Å². The Morgan fingerprint density at radius 1 is 1.47 bits per heavy atom. The van der Waals surface area contributed by atoms with Crippen LogP contribution in [0.4, 0.5) is 0 Å². The molecule has 0 aliphatic heterocycles. The number of rotatable bonds is 4. The van der Waals surface area contributed by atoms with E-state index in [1.165, 1.54) is 19.3 Å². The Bertz CT molecular complexity index is 541. The van der Waals surface area contributed by atoms with Crippen molar-refractivity contribution in [2.75, 3.05) is 7.11 Å². The van der Waals surface area contributed by atoms with Crippen LogP contribution in [0.5, 0.6) is 11.5 Å². The Morgan fingerprint density at radius 2 is 2.16 bits per heavy atom. The molecule has 0 aliphatic rings. The van der Waals surface area contributed by atoms with Gasteiger partial charge in [-0.1, -0.05) is 6.07 Å². The number of nitrogens with zero attached hydrogens (tertiary/aromatic N) is 1. The Balaban J connectivity index is 3.02. The zero-order valence-electron chi connectivity index (χ0n) is 11.0. The molecule has 1 aromatic rings. The standard InChI is InChI=1S/C14H15NO4/c1-9(2)19-14(17)11(8-15)6-10-4-5-13(18-3)12(16)7-10/h4-7,9,16H,1-3H3/b11-6+. The first-order valence-electron chi connectivity index (χ1n) is 5.67. The molecule has 0 fully saturated rings. The van der Waals surface area contributed by atoms with Gasteiger partial charge in [-0.2, -0.15) is 5.26 Å². The number of phenolic OH excluding ortho intramolecular Hbond substituents is 1. The molecule has 1 rings (SSSR count). The minimum Gasteiger partial charge on any atom is -0.504 e. The van der Waals surface area contributed by atoms with Crippen LogP contribution in [0.25, 0.3) is 6.08 Å². The summed E-state index contributed by atoms with van der Waals surface area (Å²) in [5.74, 6) is -0.431. The van der Waals surface area contributed by atoms with Gasteiger partial charge in [0.15, 0.2) is 11.5 Å². The molecular weight excluding hydrogens is 246 g/mol. The summed E-state index contributed by atoms with van der Waals surface area (Å²) >= 11 is 0. The van der Waals surface area contributed by atoms with Crippen molar-refractivity contribution in [1.82, 2.24) is 0 Å². The van der Waals surface area contributed by atoms with E-state index in [1.54, 1.807) is 32.0 Å². The third-order valence-electron chi connectivity index (χ3n) is 2.20. The fraction of sp³-hybridized carbons (Fsp3) is 0.286. The van der Waals surface area contributed by atoms with Crippen LogP contribution in [0.3, 0.4) is 0 Å². The molecule has 0 unspecified atom stereocenters. The van der Waals surface area contributed by atoms with E-state index in [9.17, 15) is 9.90 Å². The lowest BCUT2D eigenvalue weighted by Gasteiger charge is -2.07. The molecule has 19 heavy (non-hydrogen) atoms. The number of methoxy groups -OCH3 is 1. The first-order valence-corrected chi connectivity index (χ1v) is 5.67. The number of carbonyl (C=O) groups excluding carboxylic acids is 1. The lowest BCUT2D eigenvalue weighted by molar-refractivity contribution is -0.142. The average molecular weight is 261 g/mol. The predicted octanol–water partition coefficient (Wildman–Crippen LogP) is 2.26. The van der Waals surface area contributed by atoms with E-state index >= 15 is 0 Å². The van der Waals surface area contributed by atoms with Crippen LogP contribution in [-0.4, -0.2) is 24.3 Å². The van der Waals surface area contributed by atoms with Gasteiger partial charge in [-0.3, -0.25) is 0 Å². The van der Waals surface area contributed by atoms with Crippen LogP contribution in [0.15, 0.2) is 23.8 Å². The summed E-state index contributed by atoms with van der Waals surface area (Å²) in [6.45, 7) is 3.40. The van der Waals surface area contributed by atoms with Crippen molar-refractivity contribution in [2.24, 2.45) is 0 Å². The molecule has 1 N–H and O–H groups in total. The lowest BCUT2D eigenvalue weighted by Crippen LogP contribution is -2.12. The highest BCUT2D eigenvalue weighted by atomic mass is 16.5. The van der Waals surface area contributed by atoms with E-state index < -0.39 is 5.97 Å². The third-order valence-corrected chi connectivity index (χ3v) is 2.20. The van der Waals surface area contributed by atoms with E-state index in [1.807, 2.05) is 0 Å². The number of hydrogen-bond acceptors (Lipinski definition) is 5. The van der Waals surface area contributed by atoms with Gasteiger partial charge >= 0.3 is 5.97 Å². The van der Waals surface area contributed by atoms with E-state index in [4.69, 9.17) is 14.7 Å². The smallest absolute Gasteiger partial charge is 0.349 e. The molecule has 0 atom stereocenters. The second kappa shape index (κ2) is 6.45. The van der Waals surface area contributed by atoms with Crippen LogP contribution in [0.2, 0.25) is 0 Å². The maximum Gasteiger partial charge on any atom is 0.349 e. The van der Waals surface area contributed by atoms with Crippen molar-refractivity contribution in [3.8, 4) is 17.6 Å². The summed E-state index contributed by atoms with van der Waals surface area (Å²) in [6, 6.07) is 6.35. The number of hydrogen-bond donors (Lipinski definition) is 1. The molecule has 0 heterocycles. The second-order valence-electron chi connectivity index (χ2n) is 4.06. The monoisotopic (exact) mass is 261 g/mol. The maximum absolute atomic E-state index is 11.6. The van der Waals surface area contributed by atoms with Gasteiger partial charge in [0, 0.05) is 0 Å². The fourth-order valence-corrected chi connectivity index (χ4v) is 1.38. The molecule has 0 saturated carbocycles. The van der Waals surface area contributed by atoms with E-state index in [-0.39, 0.29) is 17.4 Å². The number of ether oxygens (including phenoxy) is 2. The van der Waals surface area contributed by atoms with E-state index in [0.29, 0.717) is 11.3 Å². The third kappa shape index (κ3) is 4.03. The van der Waals surface area contributed by atoms with Gasteiger partial charge in [0.2, 0.25) is 0 Å². The number of benzene rings is 1. The quantitative estimate of drug-likeness (QED) is 0.511. The summed E-state index contributed by atoms with van der Waals surface area (Å²) in [6.07, 6.45) is 1.05. The van der Waals surface area contributed by atoms with Gasteiger partial charge in [-0.15, -0.1) is 0 Å². The molecule has 0 spiro atoms. The average Bonchev–Trinajstić information content (AvgIpc) is 2.35. The van der Waals surface area contributed by atoms with Crippen molar-refractivity contribution in [1.29, 1.82) is 5.26 Å². The van der Waals surface area contributed by atoms with Gasteiger partial charge in [0.05, 0.1) is 13.2 Å². The minimum absolute atomic E-state index is 0.0641. The van der Waals surface area contributed by atoms with Crippen molar-refractivity contribution >= 4 is 12.0 Å². The van der Waals surface area contributed by atoms with Crippen LogP contribution in [-0.2, 0) is 9.53 Å². The maximum atomic E-state index is 11.6. The summed E-state index contributed by atoms with van der Waals surface area (Å²) < 4.78 is 9.84. The van der Waals surface area contributed by atoms with Gasteiger partial charge in [-0.05, 0) is 37.6 Å². The highest BCUT2D eigenvalue weighted by molar-refractivity contribution is 5.98. The molecule has 0 amide bonds. The normalized spacial score (nSPS) is 11.0. The second-order valence-corrected chi connectivity index (χ2v) is 4.06. The topological polar surface area (TPSA) is 79.5 Å². The number of aromatic hydroxyl groups is 1. The van der Waals surface area contributed by atoms with Crippen molar-refractivity contribution in [3.05, 3.63) is 29.3 Å². The molecule has 0 bridgehead atoms. The van der Waals surface area contributed by atoms with Crippen molar-refractivity contribution in [2.45, 2.75) is 20.0 Å². The lowest BCUT2D eigenvalue weighted by atomic mass is 10.1. The van der Waals surface area contributed by atoms with Gasteiger partial charge < -0.3 is 14.6 Å². The van der Waals surface area contributed by atoms with Crippen molar-refractivity contribution in [3.63, 3.8) is 0 Å². The minimum atomic E-state index is -0.687. The zero-order chi connectivity index (χ0) is 14.4. The highest BCUT2D eigenvalue weighted by Gasteiger charge is 2.12. The van der Waals surface area contributed by atoms with Crippen LogP contribution in [0, 0.1) is 11.3 Å². The molecule has 0 aliphatic carbocycles. The molecule has 100 valence electrons. The fourth-order valence-electron chi connectivity index (χ4n) is 1.38. The summed E-state index contributed by atoms with van der Waals surface area (Å²) in [4.78, 5) is 11.6. The van der Waals surface area contributed by atoms with Crippen molar-refractivity contribution < 1.29 is 19.4 Å². The Hall–Kier alpha value is -2.48. The Morgan fingerprint density at radius 3 is 2.63 bits per heavy atom. The summed E-state index contributed by atoms with van der Waals surface area (Å²) in [5.41, 5.74) is 0.383. The molecule has 0 aromatic heterocycles. The van der Waals surface area contributed by atoms with Crippen LogP contribution < -0.4 is 4.74 Å². The SMILES string of the molecule is COc1ccc(/C=C(\C#N)C(=O)OC(C)C)cc1O. The molecule has 5 nitrogen and oxygen atoms in total. The van der Waals surface area contributed by atoms with Gasteiger partial charge in [-0.25, -0.2) is 4.79 Å². The van der Waals surface area contributed by atoms with Gasteiger partial charge in [0.25, 0.3) is 0 Å². The predicted molar refractivity (Wildman–Crippen MR) is 69.5 cm³/mol. The highest BCUT2D eigenvalue weighted by Crippen LogP contribution is 2.27. The molecule has 5 heteroatoms. The Kier molecular flexibility index (Phi) is 4.95. The summed E-state index contributed by atoms with van der Waals surface area (Å²) in [7, 11) is 1.44. The number of carbonyl (C=O) groups is 1. The number of esters is 1. The van der Waals surface area contributed by atoms with Crippen LogP contribution in [0.1, 0.15) is 19.4 Å². The Labute approximate surface area is 111 Å².